The lowest BCUT2D eigenvalue weighted by Crippen LogP contribution is -2.63. The first-order chi connectivity index (χ1) is 18.6. The molecule has 6 heterocycles. The summed E-state index contributed by atoms with van der Waals surface area (Å²) >= 11 is 0. The van der Waals surface area contributed by atoms with Crippen molar-refractivity contribution < 1.29 is 18.6 Å². The number of piperidine rings is 1. The van der Waals surface area contributed by atoms with Crippen LogP contribution in [-0.4, -0.2) is 54.4 Å². The first-order valence-electron chi connectivity index (χ1n) is 13.6. The largest absolute Gasteiger partial charge is 0.497 e. The highest BCUT2D eigenvalue weighted by Crippen LogP contribution is 2.54. The third-order valence-electron chi connectivity index (χ3n) is 9.09. The molecule has 2 aromatic carbocycles. The molecule has 0 radical (unpaired) electrons. The van der Waals surface area contributed by atoms with Crippen molar-refractivity contribution in [1.29, 1.82) is 5.26 Å². The lowest BCUT2D eigenvalue weighted by Gasteiger charge is -2.53. The summed E-state index contributed by atoms with van der Waals surface area (Å²) in [6.07, 6.45) is 7.04. The minimum atomic E-state index is -0.245. The van der Waals surface area contributed by atoms with Gasteiger partial charge in [-0.2, -0.15) is 5.26 Å². The van der Waals surface area contributed by atoms with Crippen LogP contribution in [0.1, 0.15) is 42.4 Å². The Morgan fingerprint density at radius 3 is 2.79 bits per heavy atom. The standard InChI is InChI=1S/C30H31FN4O3/c1-36-21-2-4-26-23(12-21)22(18(14-32)16-34-26)3-5-27-24-11-20-9-19(10-28(24)35(20)27)33-15-17-8-29-30(13-25(17)31)38-7-6-37-29/h2,4,8,12-13,16,19-20,24,27-28,33H,3,5-7,9-11,15H2,1H3. The molecule has 0 aliphatic carbocycles. The van der Waals surface area contributed by atoms with Gasteiger partial charge in [0.05, 0.1) is 18.2 Å². The van der Waals surface area contributed by atoms with Crippen LogP contribution in [0.2, 0.25) is 0 Å². The predicted molar refractivity (Wildman–Crippen MR) is 140 cm³/mol. The van der Waals surface area contributed by atoms with Crippen LogP contribution in [0.15, 0.2) is 36.5 Å². The van der Waals surface area contributed by atoms with Gasteiger partial charge in [-0.25, -0.2) is 4.39 Å². The van der Waals surface area contributed by atoms with Crippen molar-refractivity contribution in [3.8, 4) is 23.3 Å². The van der Waals surface area contributed by atoms with Gasteiger partial charge < -0.3 is 19.5 Å². The van der Waals surface area contributed by atoms with Gasteiger partial charge in [0, 0.05) is 53.9 Å². The van der Waals surface area contributed by atoms with Crippen LogP contribution >= 0.6 is 0 Å². The second-order valence-corrected chi connectivity index (χ2v) is 11.0. The SMILES string of the molecule is COc1ccc2ncc(C#N)c(CCC3C4CC5CC(NCc6cc7c(cc6F)OCCO7)CC4N53)c2c1. The predicted octanol–water partition coefficient (Wildman–Crippen LogP) is 4.35. The highest BCUT2D eigenvalue weighted by Gasteiger charge is 2.60. The maximum absolute atomic E-state index is 14.6. The molecule has 0 amide bonds. The zero-order chi connectivity index (χ0) is 25.8. The van der Waals surface area contributed by atoms with E-state index < -0.39 is 0 Å². The number of nitrogens with one attached hydrogen (secondary N) is 1. The lowest BCUT2D eigenvalue weighted by atomic mass is 9.77. The third kappa shape index (κ3) is 3.88. The van der Waals surface area contributed by atoms with E-state index in [1.165, 1.54) is 12.5 Å². The van der Waals surface area contributed by atoms with Crippen molar-refractivity contribution >= 4 is 10.9 Å². The molecule has 4 saturated heterocycles. The molecule has 0 spiro atoms. The van der Waals surface area contributed by atoms with Gasteiger partial charge in [0.2, 0.25) is 0 Å². The fourth-order valence-electron chi connectivity index (χ4n) is 7.40. The van der Waals surface area contributed by atoms with Crippen LogP contribution in [0.4, 0.5) is 4.39 Å². The van der Waals surface area contributed by atoms with Crippen molar-refractivity contribution in [2.75, 3.05) is 20.3 Å². The number of rotatable bonds is 7. The number of benzene rings is 2. The van der Waals surface area contributed by atoms with E-state index >= 15 is 0 Å². The molecule has 8 rings (SSSR count). The highest BCUT2D eigenvalue weighted by molar-refractivity contribution is 5.85. The Bertz CT molecular complexity index is 1430. The van der Waals surface area contributed by atoms with Crippen LogP contribution in [-0.2, 0) is 13.0 Å². The Morgan fingerprint density at radius 1 is 1.16 bits per heavy atom. The number of ether oxygens (including phenoxy) is 3. The van der Waals surface area contributed by atoms with Crippen molar-refractivity contribution in [2.45, 2.75) is 62.8 Å². The average molecular weight is 515 g/mol. The molecule has 6 unspecified atom stereocenters. The molecule has 5 aliphatic heterocycles. The van der Waals surface area contributed by atoms with E-state index in [0.717, 1.165) is 47.9 Å². The molecule has 5 aliphatic rings. The molecule has 8 heteroatoms. The molecule has 1 aromatic heterocycles. The summed E-state index contributed by atoms with van der Waals surface area (Å²) in [6, 6.07) is 13.6. The molecule has 4 fully saturated rings. The Kier molecular flexibility index (Phi) is 5.86. The number of nitriles is 1. The molecule has 6 atom stereocenters. The van der Waals surface area contributed by atoms with Crippen LogP contribution in [0, 0.1) is 23.1 Å². The van der Waals surface area contributed by atoms with Gasteiger partial charge in [-0.1, -0.05) is 0 Å². The number of hydrogen-bond donors (Lipinski definition) is 1. The van der Waals surface area contributed by atoms with Gasteiger partial charge in [0.1, 0.15) is 30.8 Å². The Balaban J connectivity index is 0.994. The van der Waals surface area contributed by atoms with E-state index in [1.807, 2.05) is 18.2 Å². The summed E-state index contributed by atoms with van der Waals surface area (Å²) in [5.74, 6) is 2.37. The molecule has 38 heavy (non-hydrogen) atoms. The number of fused-ring (bicyclic) bond motifs is 2. The second kappa shape index (κ2) is 9.40. The van der Waals surface area contributed by atoms with E-state index in [9.17, 15) is 9.65 Å². The number of aromatic nitrogens is 1. The first kappa shape index (κ1) is 23.7. The number of hydrogen-bond acceptors (Lipinski definition) is 7. The van der Waals surface area contributed by atoms with Gasteiger partial charge in [-0.15, -0.1) is 0 Å². The second-order valence-electron chi connectivity index (χ2n) is 11.0. The van der Waals surface area contributed by atoms with E-state index in [4.69, 9.17) is 14.2 Å². The zero-order valence-electron chi connectivity index (χ0n) is 21.5. The van der Waals surface area contributed by atoms with Crippen molar-refractivity contribution in [1.82, 2.24) is 15.2 Å². The Hall–Kier alpha value is -3.41. The minimum absolute atomic E-state index is 0.245. The third-order valence-corrected chi connectivity index (χ3v) is 9.09. The maximum Gasteiger partial charge on any atom is 0.164 e. The number of methoxy groups -OCH3 is 1. The van der Waals surface area contributed by atoms with Gasteiger partial charge >= 0.3 is 0 Å². The van der Waals surface area contributed by atoms with Gasteiger partial charge in [-0.05, 0) is 67.9 Å². The van der Waals surface area contributed by atoms with Gasteiger partial charge in [0.25, 0.3) is 0 Å². The van der Waals surface area contributed by atoms with Crippen molar-refractivity contribution in [3.63, 3.8) is 0 Å². The number of halogens is 1. The lowest BCUT2D eigenvalue weighted by molar-refractivity contribution is -0.0371. The monoisotopic (exact) mass is 514 g/mol. The summed E-state index contributed by atoms with van der Waals surface area (Å²) in [4.78, 5) is 7.21. The number of pyridine rings is 1. The van der Waals surface area contributed by atoms with E-state index in [-0.39, 0.29) is 5.82 Å². The Morgan fingerprint density at radius 2 is 2.00 bits per heavy atom. The van der Waals surface area contributed by atoms with E-state index in [2.05, 4.69) is 21.3 Å². The minimum Gasteiger partial charge on any atom is -0.497 e. The quantitative estimate of drug-likeness (QED) is 0.502. The number of nitrogens with zero attached hydrogens (tertiary/aromatic N) is 3. The number of aryl methyl sites for hydroxylation is 1. The van der Waals surface area contributed by atoms with Gasteiger partial charge in [-0.3, -0.25) is 9.88 Å². The highest BCUT2D eigenvalue weighted by atomic mass is 19.1. The first-order valence-corrected chi connectivity index (χ1v) is 13.6. The molecule has 4 bridgehead atoms. The maximum atomic E-state index is 14.6. The topological polar surface area (TPSA) is 79.6 Å². The molecular formula is C30H31FN4O3. The summed E-state index contributed by atoms with van der Waals surface area (Å²) < 4.78 is 31.2. The van der Waals surface area contributed by atoms with Crippen LogP contribution in [0.5, 0.6) is 17.2 Å². The fourth-order valence-corrected chi connectivity index (χ4v) is 7.40. The van der Waals surface area contributed by atoms with Gasteiger partial charge in [0.15, 0.2) is 11.5 Å². The molecule has 0 saturated carbocycles. The van der Waals surface area contributed by atoms with Crippen LogP contribution in [0.25, 0.3) is 10.9 Å². The molecule has 3 aromatic rings. The molecule has 196 valence electrons. The van der Waals surface area contributed by atoms with E-state index in [1.54, 1.807) is 19.4 Å². The van der Waals surface area contributed by atoms with Crippen molar-refractivity contribution in [3.05, 3.63) is 59.0 Å². The smallest absolute Gasteiger partial charge is 0.164 e. The Labute approximate surface area is 221 Å². The summed E-state index contributed by atoms with van der Waals surface area (Å²) in [5.41, 5.74) is 3.26. The zero-order valence-corrected chi connectivity index (χ0v) is 21.5. The summed E-state index contributed by atoms with van der Waals surface area (Å²) in [7, 11) is 1.66. The summed E-state index contributed by atoms with van der Waals surface area (Å²) in [6.45, 7) is 1.45. The molecule has 1 N–H and O–H groups in total. The molecule has 7 nitrogen and oxygen atoms in total. The summed E-state index contributed by atoms with van der Waals surface area (Å²) in [5, 5.41) is 14.4. The normalized spacial score (nSPS) is 28.6. The van der Waals surface area contributed by atoms with E-state index in [0.29, 0.717) is 72.5 Å². The van der Waals surface area contributed by atoms with Crippen molar-refractivity contribution in [2.24, 2.45) is 5.92 Å². The average Bonchev–Trinajstić information content (AvgIpc) is 3.43. The molecular weight excluding hydrogens is 483 g/mol. The fraction of sp³-hybridized carbons (Fsp3) is 0.467. The van der Waals surface area contributed by atoms with Crippen LogP contribution < -0.4 is 19.5 Å². The van der Waals surface area contributed by atoms with Crippen LogP contribution in [0.3, 0.4) is 0 Å².